The Kier molecular flexibility index (Phi) is 3.48. The van der Waals surface area contributed by atoms with Gasteiger partial charge in [-0.2, -0.15) is 0 Å². The highest BCUT2D eigenvalue weighted by Crippen LogP contribution is 2.36. The zero-order valence-electron chi connectivity index (χ0n) is 7.92. The van der Waals surface area contributed by atoms with E-state index in [1.807, 2.05) is 18.2 Å². The molecule has 0 atom stereocenters. The van der Waals surface area contributed by atoms with Gasteiger partial charge in [-0.05, 0) is 24.3 Å². The maximum absolute atomic E-state index is 10.5. The summed E-state index contributed by atoms with van der Waals surface area (Å²) in [5.41, 5.74) is 0. The van der Waals surface area contributed by atoms with Crippen molar-refractivity contribution in [2.45, 2.75) is 9.10 Å². The molecule has 0 aliphatic heterocycles. The van der Waals surface area contributed by atoms with Gasteiger partial charge >= 0.3 is 5.00 Å². The van der Waals surface area contributed by atoms with Crippen LogP contribution in [0.25, 0.3) is 0 Å². The Balaban J connectivity index is 2.17. The Morgan fingerprint density at radius 1 is 1.31 bits per heavy atom. The van der Waals surface area contributed by atoms with E-state index in [0.29, 0.717) is 5.02 Å². The molecular formula is C10H6ClNO2S2. The monoisotopic (exact) mass is 271 g/mol. The molecule has 0 amide bonds. The van der Waals surface area contributed by atoms with Crippen LogP contribution in [0.4, 0.5) is 5.00 Å². The molecule has 1 aromatic heterocycles. The van der Waals surface area contributed by atoms with Crippen LogP contribution in [0.3, 0.4) is 0 Å². The molecule has 0 saturated heterocycles. The largest absolute Gasteiger partial charge is 0.325 e. The smallest absolute Gasteiger partial charge is 0.258 e. The summed E-state index contributed by atoms with van der Waals surface area (Å²) in [5.74, 6) is 0. The Hall–Kier alpha value is -1.04. The van der Waals surface area contributed by atoms with E-state index in [4.69, 9.17) is 11.6 Å². The maximum atomic E-state index is 10.5. The molecule has 0 bridgehead atoms. The van der Waals surface area contributed by atoms with Crippen molar-refractivity contribution in [2.75, 3.05) is 0 Å². The summed E-state index contributed by atoms with van der Waals surface area (Å²) in [6.07, 6.45) is 0. The summed E-state index contributed by atoms with van der Waals surface area (Å²) >= 11 is 8.48. The summed E-state index contributed by atoms with van der Waals surface area (Å²) in [4.78, 5) is 11.1. The predicted octanol–water partition coefficient (Wildman–Crippen LogP) is 4.46. The Labute approximate surface area is 105 Å². The van der Waals surface area contributed by atoms with E-state index in [1.54, 1.807) is 12.1 Å². The van der Waals surface area contributed by atoms with Crippen LogP contribution < -0.4 is 0 Å². The van der Waals surface area contributed by atoms with Gasteiger partial charge in [0, 0.05) is 16.0 Å². The highest BCUT2D eigenvalue weighted by Gasteiger charge is 2.10. The summed E-state index contributed by atoms with van der Waals surface area (Å²) < 4.78 is 0.883. The van der Waals surface area contributed by atoms with Gasteiger partial charge in [0.2, 0.25) is 0 Å². The minimum Gasteiger partial charge on any atom is -0.258 e. The molecule has 0 saturated carbocycles. The first-order valence-corrected chi connectivity index (χ1v) is 6.34. The lowest BCUT2D eigenvalue weighted by molar-refractivity contribution is -0.380. The Bertz CT molecular complexity index is 527. The van der Waals surface area contributed by atoms with Crippen LogP contribution in [0.5, 0.6) is 0 Å². The van der Waals surface area contributed by atoms with Crippen LogP contribution >= 0.6 is 34.7 Å². The highest BCUT2D eigenvalue weighted by molar-refractivity contribution is 8.01. The van der Waals surface area contributed by atoms with E-state index in [0.717, 1.165) is 20.4 Å². The molecule has 16 heavy (non-hydrogen) atoms. The van der Waals surface area contributed by atoms with Crippen molar-refractivity contribution in [3.63, 3.8) is 0 Å². The molecule has 6 heteroatoms. The zero-order chi connectivity index (χ0) is 11.5. The number of nitro groups is 1. The zero-order valence-corrected chi connectivity index (χ0v) is 10.3. The van der Waals surface area contributed by atoms with Crippen molar-refractivity contribution in [1.82, 2.24) is 0 Å². The number of benzene rings is 1. The molecule has 2 rings (SSSR count). The van der Waals surface area contributed by atoms with Crippen molar-refractivity contribution in [3.05, 3.63) is 51.5 Å². The van der Waals surface area contributed by atoms with Crippen molar-refractivity contribution < 1.29 is 4.92 Å². The third-order valence-electron chi connectivity index (χ3n) is 1.76. The first kappa shape index (κ1) is 11.4. The van der Waals surface area contributed by atoms with Crippen LogP contribution in [0.2, 0.25) is 5.02 Å². The minimum atomic E-state index is -0.382. The fraction of sp³-hybridized carbons (Fsp3) is 0. The van der Waals surface area contributed by atoms with Crippen LogP contribution in [0, 0.1) is 10.1 Å². The normalized spacial score (nSPS) is 10.3. The average Bonchev–Trinajstić information content (AvgIpc) is 2.66. The van der Waals surface area contributed by atoms with Crippen molar-refractivity contribution in [1.29, 1.82) is 0 Å². The highest BCUT2D eigenvalue weighted by atomic mass is 35.5. The second-order valence-electron chi connectivity index (χ2n) is 2.91. The number of rotatable bonds is 3. The standard InChI is InChI=1S/C10H6ClNO2S2/c11-7-2-1-3-8(6-7)15-10-5-4-9(16-10)12(13)14/h1-6H. The number of hydrogen-bond acceptors (Lipinski definition) is 4. The average molecular weight is 272 g/mol. The van der Waals surface area contributed by atoms with Crippen LogP contribution in [-0.2, 0) is 0 Å². The van der Waals surface area contributed by atoms with Crippen LogP contribution in [0.1, 0.15) is 0 Å². The lowest BCUT2D eigenvalue weighted by Crippen LogP contribution is -1.80. The topological polar surface area (TPSA) is 43.1 Å². The summed E-state index contributed by atoms with van der Waals surface area (Å²) in [7, 11) is 0. The van der Waals surface area contributed by atoms with Crippen molar-refractivity contribution in [2.24, 2.45) is 0 Å². The van der Waals surface area contributed by atoms with Gasteiger partial charge in [-0.25, -0.2) is 0 Å². The van der Waals surface area contributed by atoms with Crippen LogP contribution in [-0.4, -0.2) is 4.92 Å². The summed E-state index contributed by atoms with van der Waals surface area (Å²) in [5, 5.41) is 11.3. The van der Waals surface area contributed by atoms with Gasteiger partial charge in [-0.3, -0.25) is 10.1 Å². The van der Waals surface area contributed by atoms with E-state index in [-0.39, 0.29) is 9.92 Å². The van der Waals surface area contributed by atoms with Gasteiger partial charge in [0.15, 0.2) is 0 Å². The van der Waals surface area contributed by atoms with Gasteiger partial charge in [-0.15, -0.1) is 0 Å². The lowest BCUT2D eigenvalue weighted by atomic mass is 10.4. The van der Waals surface area contributed by atoms with Crippen LogP contribution in [0.15, 0.2) is 45.5 Å². The lowest BCUT2D eigenvalue weighted by Gasteiger charge is -1.97. The SMILES string of the molecule is O=[N+]([O-])c1ccc(Sc2cccc(Cl)c2)s1. The van der Waals surface area contributed by atoms with Crippen molar-refractivity contribution >= 4 is 39.7 Å². The molecule has 0 unspecified atom stereocenters. The molecule has 0 aliphatic rings. The molecule has 0 N–H and O–H groups in total. The van der Waals surface area contributed by atoms with Gasteiger partial charge in [0.1, 0.15) is 0 Å². The van der Waals surface area contributed by atoms with E-state index < -0.39 is 0 Å². The number of halogens is 1. The first-order valence-electron chi connectivity index (χ1n) is 4.33. The number of thiophene rings is 1. The van der Waals surface area contributed by atoms with Gasteiger partial charge < -0.3 is 0 Å². The Morgan fingerprint density at radius 3 is 2.75 bits per heavy atom. The molecule has 0 aliphatic carbocycles. The second-order valence-corrected chi connectivity index (χ2v) is 5.78. The van der Waals surface area contributed by atoms with Gasteiger partial charge in [-0.1, -0.05) is 40.8 Å². The molecule has 0 spiro atoms. The first-order chi connectivity index (χ1) is 7.65. The second kappa shape index (κ2) is 4.86. The van der Waals surface area contributed by atoms with E-state index in [9.17, 15) is 10.1 Å². The fourth-order valence-electron chi connectivity index (χ4n) is 1.11. The molecule has 3 nitrogen and oxygen atoms in total. The fourth-order valence-corrected chi connectivity index (χ4v) is 3.33. The van der Waals surface area contributed by atoms with Crippen molar-refractivity contribution in [3.8, 4) is 0 Å². The number of hydrogen-bond donors (Lipinski definition) is 0. The molecule has 1 aromatic carbocycles. The molecule has 82 valence electrons. The summed E-state index contributed by atoms with van der Waals surface area (Å²) in [6, 6.07) is 10.7. The predicted molar refractivity (Wildman–Crippen MR) is 66.5 cm³/mol. The number of nitrogens with zero attached hydrogens (tertiary/aromatic N) is 1. The molecule has 2 aromatic rings. The maximum Gasteiger partial charge on any atom is 0.325 e. The summed E-state index contributed by atoms with van der Waals surface area (Å²) in [6.45, 7) is 0. The Morgan fingerprint density at radius 2 is 2.12 bits per heavy atom. The van der Waals surface area contributed by atoms with E-state index in [1.165, 1.54) is 17.8 Å². The molecule has 1 heterocycles. The van der Waals surface area contributed by atoms with Gasteiger partial charge in [0.05, 0.1) is 9.13 Å². The van der Waals surface area contributed by atoms with Gasteiger partial charge in [0.25, 0.3) is 0 Å². The molecule has 0 radical (unpaired) electrons. The third-order valence-corrected chi connectivity index (χ3v) is 4.16. The minimum absolute atomic E-state index is 0.157. The quantitative estimate of drug-likeness (QED) is 0.611. The van der Waals surface area contributed by atoms with E-state index in [2.05, 4.69) is 0 Å². The molecular weight excluding hydrogens is 266 g/mol. The van der Waals surface area contributed by atoms with E-state index >= 15 is 0 Å². The third kappa shape index (κ3) is 2.75. The molecule has 0 fully saturated rings.